The topological polar surface area (TPSA) is 66.0 Å². The highest BCUT2D eigenvalue weighted by Gasteiger charge is 2.03. The molecule has 0 N–H and O–H groups in total. The number of hydrogen-bond donors (Lipinski definition) is 0. The second-order valence-electron chi connectivity index (χ2n) is 2.97. The lowest BCUT2D eigenvalue weighted by Gasteiger charge is -1.95. The summed E-state index contributed by atoms with van der Waals surface area (Å²) in [5.41, 5.74) is 0.0860. The highest BCUT2D eigenvalue weighted by atomic mass is 16.7. The van der Waals surface area contributed by atoms with Crippen molar-refractivity contribution in [2.45, 2.75) is 0 Å². The third-order valence-corrected chi connectivity index (χ3v) is 2.04. The highest BCUT2D eigenvalue weighted by Crippen LogP contribution is 2.07. The third-order valence-electron chi connectivity index (χ3n) is 2.04. The van der Waals surface area contributed by atoms with E-state index in [4.69, 9.17) is 20.0 Å². The summed E-state index contributed by atoms with van der Waals surface area (Å²) in [7, 11) is 0. The second kappa shape index (κ2) is 4.20. The van der Waals surface area contributed by atoms with Crippen molar-refractivity contribution >= 4 is 11.5 Å². The van der Waals surface area contributed by atoms with Crippen molar-refractivity contribution in [2.24, 2.45) is 0 Å². The SMILES string of the molecule is N#CC(C#N)=c1ccc(=C2OC=CO2)cc1. The molecule has 0 unspecified atom stereocenters. The van der Waals surface area contributed by atoms with Crippen molar-refractivity contribution in [1.82, 2.24) is 0 Å². The average Bonchev–Trinajstić information content (AvgIpc) is 2.85. The standard InChI is InChI=1S/C12H6N2O2/c13-7-11(8-14)9-1-3-10(4-2-9)12-15-5-6-16-12/h1-6H. The molecule has 1 aliphatic heterocycles. The lowest BCUT2D eigenvalue weighted by Crippen LogP contribution is -2.12. The summed E-state index contributed by atoms with van der Waals surface area (Å²) >= 11 is 0. The fraction of sp³-hybridized carbons (Fsp3) is 0. The first kappa shape index (κ1) is 9.82. The van der Waals surface area contributed by atoms with Crippen LogP contribution in [0.25, 0.3) is 11.5 Å². The molecule has 1 aromatic rings. The zero-order chi connectivity index (χ0) is 11.4. The predicted molar refractivity (Wildman–Crippen MR) is 55.0 cm³/mol. The van der Waals surface area contributed by atoms with Crippen LogP contribution >= 0.6 is 0 Å². The molecule has 0 aliphatic carbocycles. The molecule has 0 saturated heterocycles. The van der Waals surface area contributed by atoms with Crippen LogP contribution in [0.15, 0.2) is 36.8 Å². The number of nitrogens with zero attached hydrogens (tertiary/aromatic N) is 2. The maximum absolute atomic E-state index is 8.69. The Morgan fingerprint density at radius 1 is 0.938 bits per heavy atom. The van der Waals surface area contributed by atoms with Gasteiger partial charge in [0.2, 0.25) is 0 Å². The molecule has 0 aromatic heterocycles. The smallest absolute Gasteiger partial charge is 0.296 e. The molecule has 0 amide bonds. The van der Waals surface area contributed by atoms with Gasteiger partial charge in [0.1, 0.15) is 30.2 Å². The van der Waals surface area contributed by atoms with Gasteiger partial charge in [-0.15, -0.1) is 0 Å². The maximum Gasteiger partial charge on any atom is 0.296 e. The largest absolute Gasteiger partial charge is 0.430 e. The van der Waals surface area contributed by atoms with Crippen LogP contribution in [0.5, 0.6) is 0 Å². The van der Waals surface area contributed by atoms with Crippen molar-refractivity contribution in [3.8, 4) is 12.1 Å². The molecule has 4 heteroatoms. The summed E-state index contributed by atoms with van der Waals surface area (Å²) in [6.45, 7) is 0. The van der Waals surface area contributed by atoms with E-state index in [0.29, 0.717) is 11.2 Å². The average molecular weight is 210 g/mol. The van der Waals surface area contributed by atoms with Crippen LogP contribution in [0.3, 0.4) is 0 Å². The first-order valence-corrected chi connectivity index (χ1v) is 4.48. The van der Waals surface area contributed by atoms with E-state index in [1.807, 2.05) is 12.1 Å². The molecule has 1 aromatic carbocycles. The van der Waals surface area contributed by atoms with Crippen LogP contribution in [0, 0.1) is 22.7 Å². The Balaban J connectivity index is 2.54. The predicted octanol–water partition coefficient (Wildman–Crippen LogP) is 0.468. The minimum absolute atomic E-state index is 0.0860. The van der Waals surface area contributed by atoms with Gasteiger partial charge in [-0.1, -0.05) is 12.1 Å². The zero-order valence-corrected chi connectivity index (χ0v) is 8.18. The first-order chi connectivity index (χ1) is 7.85. The van der Waals surface area contributed by atoms with Gasteiger partial charge in [-0.3, -0.25) is 0 Å². The van der Waals surface area contributed by atoms with E-state index < -0.39 is 0 Å². The van der Waals surface area contributed by atoms with Gasteiger partial charge in [-0.25, -0.2) is 0 Å². The Kier molecular flexibility index (Phi) is 2.58. The highest BCUT2D eigenvalue weighted by molar-refractivity contribution is 5.72. The Bertz CT molecular complexity index is 596. The van der Waals surface area contributed by atoms with E-state index in [1.165, 1.54) is 12.5 Å². The normalized spacial score (nSPS) is 12.2. The molecule has 0 saturated carbocycles. The lowest BCUT2D eigenvalue weighted by atomic mass is 10.2. The van der Waals surface area contributed by atoms with Crippen LogP contribution in [0.4, 0.5) is 0 Å². The van der Waals surface area contributed by atoms with Crippen molar-refractivity contribution < 1.29 is 9.47 Å². The van der Waals surface area contributed by atoms with Crippen molar-refractivity contribution in [3.05, 3.63) is 47.2 Å². The summed E-state index contributed by atoms with van der Waals surface area (Å²) in [6, 6.07) is 10.5. The summed E-state index contributed by atoms with van der Waals surface area (Å²) in [6.07, 6.45) is 2.87. The van der Waals surface area contributed by atoms with Gasteiger partial charge in [0.25, 0.3) is 5.95 Å². The fourth-order valence-electron chi connectivity index (χ4n) is 1.27. The number of nitriles is 2. The summed E-state index contributed by atoms with van der Waals surface area (Å²) in [5.74, 6) is 0.391. The number of ether oxygens (including phenoxy) is 2. The molecular weight excluding hydrogens is 204 g/mol. The van der Waals surface area contributed by atoms with Gasteiger partial charge in [0.05, 0.1) is 5.22 Å². The van der Waals surface area contributed by atoms with Gasteiger partial charge in [-0.05, 0) is 12.1 Å². The summed E-state index contributed by atoms with van der Waals surface area (Å²) in [4.78, 5) is 0. The Labute approximate surface area is 91.6 Å². The number of hydrogen-bond acceptors (Lipinski definition) is 4. The molecule has 1 aliphatic rings. The molecule has 0 atom stereocenters. The quantitative estimate of drug-likeness (QED) is 0.624. The van der Waals surface area contributed by atoms with Crippen LogP contribution in [0.1, 0.15) is 0 Å². The van der Waals surface area contributed by atoms with Crippen molar-refractivity contribution in [1.29, 1.82) is 10.5 Å². The van der Waals surface area contributed by atoms with E-state index in [2.05, 4.69) is 0 Å². The fourth-order valence-corrected chi connectivity index (χ4v) is 1.27. The van der Waals surface area contributed by atoms with Crippen LogP contribution in [-0.2, 0) is 9.47 Å². The molecule has 16 heavy (non-hydrogen) atoms. The molecule has 0 spiro atoms. The summed E-state index contributed by atoms with van der Waals surface area (Å²) in [5, 5.41) is 18.7. The summed E-state index contributed by atoms with van der Waals surface area (Å²) < 4.78 is 10.1. The van der Waals surface area contributed by atoms with E-state index >= 15 is 0 Å². The Morgan fingerprint density at radius 3 is 2.00 bits per heavy atom. The monoisotopic (exact) mass is 210 g/mol. The zero-order valence-electron chi connectivity index (χ0n) is 8.18. The van der Waals surface area contributed by atoms with Crippen LogP contribution in [0.2, 0.25) is 0 Å². The lowest BCUT2D eigenvalue weighted by molar-refractivity contribution is 0.303. The van der Waals surface area contributed by atoms with Gasteiger partial charge < -0.3 is 9.47 Å². The molecule has 76 valence electrons. The first-order valence-electron chi connectivity index (χ1n) is 4.48. The van der Waals surface area contributed by atoms with Crippen molar-refractivity contribution in [3.63, 3.8) is 0 Å². The molecular formula is C12H6N2O2. The van der Waals surface area contributed by atoms with E-state index in [0.717, 1.165) is 5.22 Å². The van der Waals surface area contributed by atoms with E-state index in [1.54, 1.807) is 24.3 Å². The minimum atomic E-state index is 0.0860. The molecule has 2 rings (SSSR count). The van der Waals surface area contributed by atoms with Gasteiger partial charge >= 0.3 is 0 Å². The van der Waals surface area contributed by atoms with Crippen LogP contribution in [-0.4, -0.2) is 0 Å². The van der Waals surface area contributed by atoms with E-state index in [-0.39, 0.29) is 5.57 Å². The third kappa shape index (κ3) is 1.73. The molecule has 0 radical (unpaired) electrons. The van der Waals surface area contributed by atoms with Gasteiger partial charge in [-0.2, -0.15) is 10.5 Å². The van der Waals surface area contributed by atoms with Crippen LogP contribution < -0.4 is 10.4 Å². The molecule has 0 fully saturated rings. The van der Waals surface area contributed by atoms with Gasteiger partial charge in [0.15, 0.2) is 0 Å². The number of rotatable bonds is 0. The number of benzene rings is 1. The molecule has 4 nitrogen and oxygen atoms in total. The second-order valence-corrected chi connectivity index (χ2v) is 2.97. The van der Waals surface area contributed by atoms with Gasteiger partial charge in [0, 0.05) is 5.22 Å². The van der Waals surface area contributed by atoms with E-state index in [9.17, 15) is 0 Å². The molecule has 1 heterocycles. The minimum Gasteiger partial charge on any atom is -0.430 e. The Hall–Kier alpha value is -2.72. The maximum atomic E-state index is 8.69. The molecule has 0 bridgehead atoms. The van der Waals surface area contributed by atoms with Crippen molar-refractivity contribution in [2.75, 3.05) is 0 Å². The Morgan fingerprint density at radius 2 is 1.50 bits per heavy atom.